The fourth-order valence-electron chi connectivity index (χ4n) is 1.74. The summed E-state index contributed by atoms with van der Waals surface area (Å²) in [6.07, 6.45) is 0. The van der Waals surface area contributed by atoms with E-state index in [-0.39, 0.29) is 6.54 Å². The molecule has 2 aromatic rings. The van der Waals surface area contributed by atoms with Gasteiger partial charge < -0.3 is 10.6 Å². The SMILES string of the molecule is Cc1ccc(NCC(=O)Nc2c(F)cccc2F)c(Br)c1. The zero-order valence-electron chi connectivity index (χ0n) is 11.2. The molecule has 6 heteroatoms. The van der Waals surface area contributed by atoms with Gasteiger partial charge in [-0.3, -0.25) is 4.79 Å². The number of para-hydroxylation sites is 1. The Hall–Kier alpha value is -1.95. The van der Waals surface area contributed by atoms with Crippen molar-refractivity contribution in [3.63, 3.8) is 0 Å². The Balaban J connectivity index is 1.99. The second-order valence-corrected chi connectivity index (χ2v) is 5.34. The number of hydrogen-bond acceptors (Lipinski definition) is 2. The molecule has 21 heavy (non-hydrogen) atoms. The number of rotatable bonds is 4. The van der Waals surface area contributed by atoms with Crippen LogP contribution < -0.4 is 10.6 Å². The van der Waals surface area contributed by atoms with Crippen LogP contribution in [0.3, 0.4) is 0 Å². The largest absolute Gasteiger partial charge is 0.375 e. The number of benzene rings is 2. The summed E-state index contributed by atoms with van der Waals surface area (Å²) in [6, 6.07) is 9.02. The minimum atomic E-state index is -0.806. The van der Waals surface area contributed by atoms with Crippen LogP contribution in [0.15, 0.2) is 40.9 Å². The van der Waals surface area contributed by atoms with Crippen LogP contribution in [0, 0.1) is 18.6 Å². The first-order valence-electron chi connectivity index (χ1n) is 6.21. The fourth-order valence-corrected chi connectivity index (χ4v) is 2.37. The highest BCUT2D eigenvalue weighted by molar-refractivity contribution is 9.10. The maximum absolute atomic E-state index is 13.4. The van der Waals surface area contributed by atoms with Gasteiger partial charge in [-0.15, -0.1) is 0 Å². The molecule has 0 radical (unpaired) electrons. The predicted octanol–water partition coefficient (Wildman–Crippen LogP) is 4.09. The van der Waals surface area contributed by atoms with Gasteiger partial charge in [0.25, 0.3) is 0 Å². The number of aryl methyl sites for hydroxylation is 1. The second-order valence-electron chi connectivity index (χ2n) is 4.48. The van der Waals surface area contributed by atoms with E-state index in [1.807, 2.05) is 25.1 Å². The summed E-state index contributed by atoms with van der Waals surface area (Å²) < 4.78 is 27.6. The number of carbonyl (C=O) groups is 1. The third-order valence-electron chi connectivity index (χ3n) is 2.79. The lowest BCUT2D eigenvalue weighted by Gasteiger charge is -2.10. The average molecular weight is 355 g/mol. The molecular formula is C15H13BrF2N2O. The van der Waals surface area contributed by atoms with Crippen molar-refractivity contribution in [3.8, 4) is 0 Å². The minimum Gasteiger partial charge on any atom is -0.375 e. The van der Waals surface area contributed by atoms with E-state index in [0.29, 0.717) is 0 Å². The van der Waals surface area contributed by atoms with E-state index in [2.05, 4.69) is 26.6 Å². The summed E-state index contributed by atoms with van der Waals surface area (Å²) in [5, 5.41) is 5.11. The van der Waals surface area contributed by atoms with Gasteiger partial charge in [0.15, 0.2) is 0 Å². The third kappa shape index (κ3) is 4.01. The van der Waals surface area contributed by atoms with Crippen molar-refractivity contribution in [1.29, 1.82) is 0 Å². The molecule has 0 aliphatic carbocycles. The van der Waals surface area contributed by atoms with E-state index in [1.54, 1.807) is 0 Å². The van der Waals surface area contributed by atoms with Crippen LogP contribution in [0.4, 0.5) is 20.2 Å². The molecule has 0 saturated heterocycles. The minimum absolute atomic E-state index is 0.102. The van der Waals surface area contributed by atoms with Crippen molar-refractivity contribution in [2.24, 2.45) is 0 Å². The summed E-state index contributed by atoms with van der Waals surface area (Å²) in [5.41, 5.74) is 1.36. The molecule has 0 aromatic heterocycles. The highest BCUT2D eigenvalue weighted by Crippen LogP contribution is 2.23. The molecule has 1 amide bonds. The van der Waals surface area contributed by atoms with E-state index in [9.17, 15) is 13.6 Å². The number of nitrogens with one attached hydrogen (secondary N) is 2. The van der Waals surface area contributed by atoms with Crippen LogP contribution >= 0.6 is 15.9 Å². The molecule has 0 atom stereocenters. The maximum atomic E-state index is 13.4. The normalized spacial score (nSPS) is 10.3. The van der Waals surface area contributed by atoms with Crippen molar-refractivity contribution >= 4 is 33.2 Å². The van der Waals surface area contributed by atoms with E-state index in [4.69, 9.17) is 0 Å². The van der Waals surface area contributed by atoms with Crippen LogP contribution in [0.5, 0.6) is 0 Å². The van der Waals surface area contributed by atoms with Gasteiger partial charge in [-0.05, 0) is 52.7 Å². The molecule has 0 fully saturated rings. The molecule has 2 N–H and O–H groups in total. The van der Waals surface area contributed by atoms with Crippen LogP contribution in [0.1, 0.15) is 5.56 Å². The summed E-state index contributed by atoms with van der Waals surface area (Å²) in [6.45, 7) is 1.84. The van der Waals surface area contributed by atoms with Crippen molar-refractivity contribution in [2.45, 2.75) is 6.92 Å². The Morgan fingerprint density at radius 3 is 2.48 bits per heavy atom. The van der Waals surface area contributed by atoms with Crippen molar-refractivity contribution < 1.29 is 13.6 Å². The lowest BCUT2D eigenvalue weighted by molar-refractivity contribution is -0.114. The lowest BCUT2D eigenvalue weighted by atomic mass is 10.2. The Kier molecular flexibility index (Phi) is 4.90. The lowest BCUT2D eigenvalue weighted by Crippen LogP contribution is -2.23. The molecule has 0 unspecified atom stereocenters. The van der Waals surface area contributed by atoms with Gasteiger partial charge in [-0.2, -0.15) is 0 Å². The number of carbonyl (C=O) groups excluding carboxylic acids is 1. The summed E-state index contributed by atoms with van der Waals surface area (Å²) in [4.78, 5) is 11.7. The standard InChI is InChI=1S/C15H13BrF2N2O/c1-9-5-6-13(10(16)7-9)19-8-14(21)20-15-11(17)3-2-4-12(15)18/h2-7,19H,8H2,1H3,(H,20,21). The number of amides is 1. The summed E-state index contributed by atoms with van der Waals surface area (Å²) >= 11 is 3.37. The predicted molar refractivity (Wildman–Crippen MR) is 82.4 cm³/mol. The molecule has 3 nitrogen and oxygen atoms in total. The number of halogens is 3. The maximum Gasteiger partial charge on any atom is 0.243 e. The van der Waals surface area contributed by atoms with E-state index < -0.39 is 23.2 Å². The number of anilines is 2. The zero-order chi connectivity index (χ0) is 15.4. The van der Waals surface area contributed by atoms with Crippen LogP contribution in [-0.4, -0.2) is 12.5 Å². The van der Waals surface area contributed by atoms with Crippen molar-refractivity contribution in [2.75, 3.05) is 17.2 Å². The smallest absolute Gasteiger partial charge is 0.243 e. The zero-order valence-corrected chi connectivity index (χ0v) is 12.8. The topological polar surface area (TPSA) is 41.1 Å². The molecule has 0 spiro atoms. The molecule has 0 aliphatic heterocycles. The Morgan fingerprint density at radius 2 is 1.86 bits per heavy atom. The summed E-state index contributed by atoms with van der Waals surface area (Å²) in [5.74, 6) is -2.15. The van der Waals surface area contributed by atoms with Gasteiger partial charge in [-0.1, -0.05) is 12.1 Å². The van der Waals surface area contributed by atoms with E-state index in [0.717, 1.165) is 27.9 Å². The van der Waals surface area contributed by atoms with E-state index in [1.165, 1.54) is 6.07 Å². The highest BCUT2D eigenvalue weighted by Gasteiger charge is 2.12. The Bertz CT molecular complexity index is 656. The van der Waals surface area contributed by atoms with Gasteiger partial charge in [0, 0.05) is 10.2 Å². The highest BCUT2D eigenvalue weighted by atomic mass is 79.9. The van der Waals surface area contributed by atoms with E-state index >= 15 is 0 Å². The van der Waals surface area contributed by atoms with Gasteiger partial charge in [0.05, 0.1) is 6.54 Å². The monoisotopic (exact) mass is 354 g/mol. The van der Waals surface area contributed by atoms with Crippen LogP contribution in [0.2, 0.25) is 0 Å². The first-order valence-corrected chi connectivity index (χ1v) is 7.00. The van der Waals surface area contributed by atoms with Gasteiger partial charge in [0.1, 0.15) is 17.3 Å². The Morgan fingerprint density at radius 1 is 1.19 bits per heavy atom. The second kappa shape index (κ2) is 6.67. The third-order valence-corrected chi connectivity index (χ3v) is 3.45. The van der Waals surface area contributed by atoms with Crippen molar-refractivity contribution in [3.05, 3.63) is 58.1 Å². The number of hydrogen-bond donors (Lipinski definition) is 2. The molecule has 2 rings (SSSR count). The molecule has 0 saturated carbocycles. The molecule has 2 aromatic carbocycles. The van der Waals surface area contributed by atoms with Gasteiger partial charge in [0.2, 0.25) is 5.91 Å². The average Bonchev–Trinajstić information content (AvgIpc) is 2.42. The summed E-state index contributed by atoms with van der Waals surface area (Å²) in [7, 11) is 0. The van der Waals surface area contributed by atoms with Gasteiger partial charge in [-0.25, -0.2) is 8.78 Å². The van der Waals surface area contributed by atoms with Crippen LogP contribution in [0.25, 0.3) is 0 Å². The molecule has 0 heterocycles. The molecule has 110 valence electrons. The molecule has 0 aliphatic rings. The van der Waals surface area contributed by atoms with Crippen molar-refractivity contribution in [1.82, 2.24) is 0 Å². The molecular weight excluding hydrogens is 342 g/mol. The quantitative estimate of drug-likeness (QED) is 0.868. The van der Waals surface area contributed by atoms with Gasteiger partial charge >= 0.3 is 0 Å². The fraction of sp³-hybridized carbons (Fsp3) is 0.133. The Labute approximate surface area is 129 Å². The first kappa shape index (κ1) is 15.4. The molecule has 0 bridgehead atoms. The van der Waals surface area contributed by atoms with Crippen LogP contribution in [-0.2, 0) is 4.79 Å². The first-order chi connectivity index (χ1) is 9.97.